The second-order valence-corrected chi connectivity index (χ2v) is 4.97. The second-order valence-electron chi connectivity index (χ2n) is 4.06. The van der Waals surface area contributed by atoms with Crippen molar-refractivity contribution in [3.63, 3.8) is 0 Å². The van der Waals surface area contributed by atoms with E-state index in [4.69, 9.17) is 10.00 Å². The van der Waals surface area contributed by atoms with Crippen molar-refractivity contribution in [2.45, 2.75) is 0 Å². The van der Waals surface area contributed by atoms with Gasteiger partial charge in [0, 0.05) is 10.0 Å². The molecule has 2 aromatic rings. The van der Waals surface area contributed by atoms with Crippen molar-refractivity contribution in [1.29, 1.82) is 5.26 Å². The third kappa shape index (κ3) is 4.04. The molecule has 106 valence electrons. The first-order chi connectivity index (χ1) is 10.1. The van der Waals surface area contributed by atoms with E-state index in [2.05, 4.69) is 21.2 Å². The van der Waals surface area contributed by atoms with Crippen LogP contribution in [-0.2, 0) is 0 Å². The van der Waals surface area contributed by atoms with Gasteiger partial charge in [-0.3, -0.25) is 4.79 Å². The zero-order chi connectivity index (χ0) is 15.2. The smallest absolute Gasteiger partial charge is 0.255 e. The van der Waals surface area contributed by atoms with Gasteiger partial charge in [0.25, 0.3) is 5.91 Å². The normalized spacial score (nSPS) is 9.76. The van der Waals surface area contributed by atoms with Crippen LogP contribution >= 0.6 is 15.9 Å². The van der Waals surface area contributed by atoms with Gasteiger partial charge in [-0.2, -0.15) is 5.26 Å². The SMILES string of the molecule is N#CCOc1ccccc1NC(=O)c1cc(F)cc(Br)c1. The van der Waals surface area contributed by atoms with Crippen LogP contribution in [-0.4, -0.2) is 12.5 Å². The van der Waals surface area contributed by atoms with Gasteiger partial charge in [-0.05, 0) is 30.3 Å². The first-order valence-corrected chi connectivity index (χ1v) is 6.75. The summed E-state index contributed by atoms with van der Waals surface area (Å²) in [7, 11) is 0. The lowest BCUT2D eigenvalue weighted by molar-refractivity contribution is 0.102. The molecule has 0 aromatic heterocycles. The van der Waals surface area contributed by atoms with Crippen LogP contribution in [0.5, 0.6) is 5.75 Å². The number of nitrogens with one attached hydrogen (secondary N) is 1. The van der Waals surface area contributed by atoms with E-state index in [9.17, 15) is 9.18 Å². The van der Waals surface area contributed by atoms with Crippen molar-refractivity contribution < 1.29 is 13.9 Å². The lowest BCUT2D eigenvalue weighted by atomic mass is 10.2. The average molecular weight is 349 g/mol. The molecule has 6 heteroatoms. The molecule has 0 heterocycles. The van der Waals surface area contributed by atoms with E-state index in [0.717, 1.165) is 6.07 Å². The van der Waals surface area contributed by atoms with Gasteiger partial charge in [-0.25, -0.2) is 4.39 Å². The highest BCUT2D eigenvalue weighted by atomic mass is 79.9. The molecule has 1 N–H and O–H groups in total. The summed E-state index contributed by atoms with van der Waals surface area (Å²) in [6.07, 6.45) is 0. The molecular formula is C15H10BrFN2O2. The summed E-state index contributed by atoms with van der Waals surface area (Å²) < 4.78 is 19.0. The number of ether oxygens (including phenoxy) is 1. The molecule has 0 fully saturated rings. The maximum atomic E-state index is 13.3. The number of hydrogen-bond donors (Lipinski definition) is 1. The number of nitriles is 1. The minimum absolute atomic E-state index is 0.127. The lowest BCUT2D eigenvalue weighted by Gasteiger charge is -2.10. The summed E-state index contributed by atoms with van der Waals surface area (Å²) in [5, 5.41) is 11.2. The highest BCUT2D eigenvalue weighted by Gasteiger charge is 2.11. The predicted octanol–water partition coefficient (Wildman–Crippen LogP) is 3.74. The van der Waals surface area contributed by atoms with Crippen LogP contribution in [0.2, 0.25) is 0 Å². The molecule has 1 amide bonds. The van der Waals surface area contributed by atoms with E-state index in [1.54, 1.807) is 24.3 Å². The molecule has 2 rings (SSSR count). The van der Waals surface area contributed by atoms with Crippen LogP contribution in [0.25, 0.3) is 0 Å². The highest BCUT2D eigenvalue weighted by molar-refractivity contribution is 9.10. The van der Waals surface area contributed by atoms with Gasteiger partial charge in [0.2, 0.25) is 0 Å². The predicted molar refractivity (Wildman–Crippen MR) is 79.6 cm³/mol. The minimum atomic E-state index is -0.511. The zero-order valence-corrected chi connectivity index (χ0v) is 12.4. The van der Waals surface area contributed by atoms with Crippen LogP contribution < -0.4 is 10.1 Å². The molecule has 0 bridgehead atoms. The van der Waals surface area contributed by atoms with E-state index in [1.807, 2.05) is 6.07 Å². The fourth-order valence-corrected chi connectivity index (χ4v) is 2.15. The molecule has 0 radical (unpaired) electrons. The van der Waals surface area contributed by atoms with Crippen LogP contribution in [0, 0.1) is 17.1 Å². The van der Waals surface area contributed by atoms with Crippen molar-refractivity contribution in [3.8, 4) is 11.8 Å². The summed E-state index contributed by atoms with van der Waals surface area (Å²) in [5.74, 6) is -0.602. The Morgan fingerprint density at radius 3 is 2.81 bits per heavy atom. The van der Waals surface area contributed by atoms with Crippen LogP contribution in [0.15, 0.2) is 46.9 Å². The molecule has 21 heavy (non-hydrogen) atoms. The number of anilines is 1. The molecule has 0 aliphatic heterocycles. The number of carbonyl (C=O) groups excluding carboxylic acids is 1. The lowest BCUT2D eigenvalue weighted by Crippen LogP contribution is -2.13. The Kier molecular flexibility index (Phi) is 4.90. The molecule has 0 saturated carbocycles. The van der Waals surface area contributed by atoms with Gasteiger partial charge in [0.05, 0.1) is 5.69 Å². The molecule has 0 aliphatic rings. The van der Waals surface area contributed by atoms with Crippen molar-refractivity contribution in [2.75, 3.05) is 11.9 Å². The summed E-state index contributed by atoms with van der Waals surface area (Å²) in [6.45, 7) is -0.127. The summed E-state index contributed by atoms with van der Waals surface area (Å²) in [5.41, 5.74) is 0.593. The first-order valence-electron chi connectivity index (χ1n) is 5.96. The van der Waals surface area contributed by atoms with Crippen LogP contribution in [0.1, 0.15) is 10.4 Å². The van der Waals surface area contributed by atoms with E-state index in [-0.39, 0.29) is 12.2 Å². The van der Waals surface area contributed by atoms with E-state index in [0.29, 0.717) is 15.9 Å². The van der Waals surface area contributed by atoms with Gasteiger partial charge >= 0.3 is 0 Å². The minimum Gasteiger partial charge on any atom is -0.477 e. The van der Waals surface area contributed by atoms with Gasteiger partial charge in [-0.15, -0.1) is 0 Å². The fourth-order valence-electron chi connectivity index (χ4n) is 1.69. The Morgan fingerprint density at radius 1 is 1.33 bits per heavy atom. The van der Waals surface area contributed by atoms with Gasteiger partial charge in [0.1, 0.15) is 17.6 Å². The summed E-state index contributed by atoms with van der Waals surface area (Å²) in [4.78, 5) is 12.1. The molecule has 0 aliphatic carbocycles. The van der Waals surface area contributed by atoms with Gasteiger partial charge in [-0.1, -0.05) is 28.1 Å². The van der Waals surface area contributed by atoms with E-state index >= 15 is 0 Å². The number of benzene rings is 2. The Labute approximate surface area is 129 Å². The van der Waals surface area contributed by atoms with E-state index < -0.39 is 11.7 Å². The highest BCUT2D eigenvalue weighted by Crippen LogP contribution is 2.25. The quantitative estimate of drug-likeness (QED) is 0.915. The Morgan fingerprint density at radius 2 is 2.10 bits per heavy atom. The molecule has 0 saturated heterocycles. The molecule has 4 nitrogen and oxygen atoms in total. The van der Waals surface area contributed by atoms with E-state index in [1.165, 1.54) is 12.1 Å². The van der Waals surface area contributed by atoms with Gasteiger partial charge < -0.3 is 10.1 Å². The standard InChI is InChI=1S/C15H10BrFN2O2/c16-11-7-10(8-12(17)9-11)15(20)19-13-3-1-2-4-14(13)21-6-5-18/h1-4,7-9H,6H2,(H,19,20). The van der Waals surface area contributed by atoms with Crippen molar-refractivity contribution in [1.82, 2.24) is 0 Å². The molecular weight excluding hydrogens is 339 g/mol. The van der Waals surface area contributed by atoms with Crippen molar-refractivity contribution >= 4 is 27.5 Å². The molecule has 2 aromatic carbocycles. The maximum Gasteiger partial charge on any atom is 0.255 e. The molecule has 0 atom stereocenters. The summed E-state index contributed by atoms with van der Waals surface area (Å²) in [6, 6.07) is 12.5. The first kappa shape index (κ1) is 15.0. The molecule has 0 spiro atoms. The monoisotopic (exact) mass is 348 g/mol. The van der Waals surface area contributed by atoms with Crippen molar-refractivity contribution in [2.24, 2.45) is 0 Å². The van der Waals surface area contributed by atoms with Crippen molar-refractivity contribution in [3.05, 3.63) is 58.3 Å². The number of rotatable bonds is 4. The number of carbonyl (C=O) groups is 1. The number of amides is 1. The number of para-hydroxylation sites is 2. The second kappa shape index (κ2) is 6.86. The Balaban J connectivity index is 2.21. The van der Waals surface area contributed by atoms with Gasteiger partial charge in [0.15, 0.2) is 6.61 Å². The Bertz CT molecular complexity index is 693. The number of hydrogen-bond acceptors (Lipinski definition) is 3. The van der Waals surface area contributed by atoms with Crippen LogP contribution in [0.3, 0.4) is 0 Å². The van der Waals surface area contributed by atoms with Crippen LogP contribution in [0.4, 0.5) is 10.1 Å². The third-order valence-corrected chi connectivity index (χ3v) is 3.01. The number of nitrogens with zero attached hydrogens (tertiary/aromatic N) is 1. The Hall–Kier alpha value is -2.39. The maximum absolute atomic E-state index is 13.3. The average Bonchev–Trinajstić information content (AvgIpc) is 2.45. The largest absolute Gasteiger partial charge is 0.477 e. The topological polar surface area (TPSA) is 62.1 Å². The zero-order valence-electron chi connectivity index (χ0n) is 10.8. The third-order valence-electron chi connectivity index (χ3n) is 2.55. The molecule has 0 unspecified atom stereocenters. The fraction of sp³-hybridized carbons (Fsp3) is 0.0667. The summed E-state index contributed by atoms with van der Waals surface area (Å²) >= 11 is 3.13. The number of halogens is 2.